The fourth-order valence-electron chi connectivity index (χ4n) is 2.87. The van der Waals surface area contributed by atoms with Gasteiger partial charge in [0.25, 0.3) is 5.91 Å². The molecule has 134 valence electrons. The molecule has 0 saturated carbocycles. The Hall–Kier alpha value is -3.15. The largest absolute Gasteiger partial charge is 0.497 e. The van der Waals surface area contributed by atoms with Crippen LogP contribution in [0.4, 0.5) is 4.79 Å². The smallest absolute Gasteiger partial charge is 0.346 e. The minimum absolute atomic E-state index is 0.422. The fraction of sp³-hybridized carbons (Fsp3) is 0.250. The molecule has 0 spiro atoms. The van der Waals surface area contributed by atoms with Gasteiger partial charge >= 0.3 is 6.03 Å². The van der Waals surface area contributed by atoms with E-state index < -0.39 is 17.5 Å². The number of carbonyl (C=O) groups excluding carboxylic acids is 2. The summed E-state index contributed by atoms with van der Waals surface area (Å²) < 4.78 is 5.14. The van der Waals surface area contributed by atoms with Crippen LogP contribution < -0.4 is 10.1 Å². The molecule has 0 bridgehead atoms. The zero-order valence-electron chi connectivity index (χ0n) is 15.2. The highest BCUT2D eigenvalue weighted by molar-refractivity contribution is 6.07. The minimum atomic E-state index is -1.16. The number of nitrogens with one attached hydrogen (secondary N) is 1. The van der Waals surface area contributed by atoms with E-state index >= 15 is 0 Å². The van der Waals surface area contributed by atoms with Crippen molar-refractivity contribution in [2.75, 3.05) is 7.11 Å². The van der Waals surface area contributed by atoms with Crippen LogP contribution >= 0.6 is 0 Å². The molecule has 0 aliphatic carbocycles. The van der Waals surface area contributed by atoms with Gasteiger partial charge in [-0.2, -0.15) is 5.10 Å². The predicted octanol–water partition coefficient (Wildman–Crippen LogP) is 3.11. The molecule has 26 heavy (non-hydrogen) atoms. The second-order valence-electron chi connectivity index (χ2n) is 6.51. The number of hydrazone groups is 1. The summed E-state index contributed by atoms with van der Waals surface area (Å²) in [6, 6.07) is 12.4. The lowest BCUT2D eigenvalue weighted by molar-refractivity contribution is -0.131. The zero-order valence-corrected chi connectivity index (χ0v) is 15.2. The monoisotopic (exact) mass is 351 g/mol. The number of amides is 3. The van der Waals surface area contributed by atoms with Gasteiger partial charge in [-0.05, 0) is 49.6 Å². The van der Waals surface area contributed by atoms with E-state index in [-0.39, 0.29) is 0 Å². The van der Waals surface area contributed by atoms with Gasteiger partial charge in [-0.25, -0.2) is 4.79 Å². The Morgan fingerprint density at radius 1 is 1.12 bits per heavy atom. The number of rotatable bonds is 4. The molecule has 1 atom stereocenters. The van der Waals surface area contributed by atoms with Crippen molar-refractivity contribution >= 4 is 18.2 Å². The first-order valence-electron chi connectivity index (χ1n) is 8.27. The van der Waals surface area contributed by atoms with Gasteiger partial charge in [0.2, 0.25) is 0 Å². The minimum Gasteiger partial charge on any atom is -0.497 e. The van der Waals surface area contributed by atoms with Gasteiger partial charge in [0, 0.05) is 0 Å². The van der Waals surface area contributed by atoms with Crippen molar-refractivity contribution in [2.45, 2.75) is 26.3 Å². The van der Waals surface area contributed by atoms with E-state index in [9.17, 15) is 9.59 Å². The molecule has 0 radical (unpaired) electrons. The zero-order chi connectivity index (χ0) is 18.9. The van der Waals surface area contributed by atoms with Crippen molar-refractivity contribution < 1.29 is 14.3 Å². The molecule has 3 rings (SSSR count). The molecule has 1 fully saturated rings. The predicted molar refractivity (Wildman–Crippen MR) is 99.2 cm³/mol. The average molecular weight is 351 g/mol. The van der Waals surface area contributed by atoms with Crippen LogP contribution in [0.25, 0.3) is 0 Å². The van der Waals surface area contributed by atoms with E-state index in [2.05, 4.69) is 10.4 Å². The highest BCUT2D eigenvalue weighted by atomic mass is 16.5. The molecule has 3 amide bonds. The molecule has 1 heterocycles. The topological polar surface area (TPSA) is 71.0 Å². The van der Waals surface area contributed by atoms with Gasteiger partial charge in [-0.3, -0.25) is 4.79 Å². The summed E-state index contributed by atoms with van der Waals surface area (Å²) in [6.45, 7) is 5.60. The number of methoxy groups -OCH3 is 1. The first-order valence-corrected chi connectivity index (χ1v) is 8.27. The molecular formula is C20H21N3O3. The van der Waals surface area contributed by atoms with Gasteiger partial charge in [-0.15, -0.1) is 5.01 Å². The van der Waals surface area contributed by atoms with Crippen LogP contribution in [-0.2, 0) is 10.3 Å². The summed E-state index contributed by atoms with van der Waals surface area (Å²) in [5.41, 5.74) is 2.47. The number of imide groups is 1. The van der Waals surface area contributed by atoms with Crippen LogP contribution in [0.15, 0.2) is 47.6 Å². The van der Waals surface area contributed by atoms with Crippen molar-refractivity contribution in [2.24, 2.45) is 5.10 Å². The Kier molecular flexibility index (Phi) is 4.50. The summed E-state index contributed by atoms with van der Waals surface area (Å²) in [5, 5.41) is 7.74. The van der Waals surface area contributed by atoms with E-state index in [1.165, 1.54) is 0 Å². The van der Waals surface area contributed by atoms with Crippen molar-refractivity contribution in [3.63, 3.8) is 0 Å². The third-order valence-corrected chi connectivity index (χ3v) is 4.58. The van der Waals surface area contributed by atoms with E-state index in [1.54, 1.807) is 44.5 Å². The van der Waals surface area contributed by atoms with Gasteiger partial charge < -0.3 is 10.1 Å². The third kappa shape index (κ3) is 3.06. The SMILES string of the molecule is COc1ccc([C@@]2(C)NC(=O)N(/N=C\c3cc(C)ccc3C)C2=O)cc1. The standard InChI is InChI=1S/C20H21N3O3/c1-13-5-6-14(2)15(11-13)12-21-23-18(24)20(3,22-19(23)25)16-7-9-17(26-4)10-8-16/h5-12H,1-4H3,(H,22,25)/b21-12-/t20-/m1/s1. The van der Waals surface area contributed by atoms with Gasteiger partial charge in [0.05, 0.1) is 13.3 Å². The molecule has 2 aromatic rings. The van der Waals surface area contributed by atoms with Crippen LogP contribution in [0.3, 0.4) is 0 Å². The maximum Gasteiger partial charge on any atom is 0.346 e. The number of carbonyl (C=O) groups is 2. The third-order valence-electron chi connectivity index (χ3n) is 4.58. The fourth-order valence-corrected chi connectivity index (χ4v) is 2.87. The second kappa shape index (κ2) is 6.63. The van der Waals surface area contributed by atoms with E-state index in [0.29, 0.717) is 11.3 Å². The Balaban J connectivity index is 1.88. The highest BCUT2D eigenvalue weighted by Gasteiger charge is 2.49. The average Bonchev–Trinajstić information content (AvgIpc) is 2.86. The maximum atomic E-state index is 12.9. The van der Waals surface area contributed by atoms with Crippen LogP contribution in [0.2, 0.25) is 0 Å². The molecule has 1 saturated heterocycles. The molecule has 1 aliphatic rings. The normalized spacial score (nSPS) is 19.9. The molecule has 0 aromatic heterocycles. The number of urea groups is 1. The lowest BCUT2D eigenvalue weighted by atomic mass is 9.92. The lowest BCUT2D eigenvalue weighted by Gasteiger charge is -2.21. The van der Waals surface area contributed by atoms with Gasteiger partial charge in [0.1, 0.15) is 11.3 Å². The summed E-state index contributed by atoms with van der Waals surface area (Å²) in [7, 11) is 1.57. The molecule has 6 heteroatoms. The quantitative estimate of drug-likeness (QED) is 0.680. The van der Waals surface area contributed by atoms with E-state index in [4.69, 9.17) is 4.74 Å². The summed E-state index contributed by atoms with van der Waals surface area (Å²) in [6.07, 6.45) is 1.54. The van der Waals surface area contributed by atoms with Crippen LogP contribution in [0.1, 0.15) is 29.2 Å². The van der Waals surface area contributed by atoms with E-state index in [0.717, 1.165) is 21.7 Å². The lowest BCUT2D eigenvalue weighted by Crippen LogP contribution is -2.40. The van der Waals surface area contributed by atoms with Crippen molar-refractivity contribution in [1.29, 1.82) is 0 Å². The molecule has 6 nitrogen and oxygen atoms in total. The number of hydrogen-bond donors (Lipinski definition) is 1. The van der Waals surface area contributed by atoms with Gasteiger partial charge in [-0.1, -0.05) is 35.9 Å². The number of ether oxygens (including phenoxy) is 1. The highest BCUT2D eigenvalue weighted by Crippen LogP contribution is 2.30. The van der Waals surface area contributed by atoms with E-state index in [1.807, 2.05) is 32.0 Å². The Labute approximate surface area is 152 Å². The summed E-state index contributed by atoms with van der Waals surface area (Å²) >= 11 is 0. The van der Waals surface area contributed by atoms with Crippen molar-refractivity contribution in [1.82, 2.24) is 10.3 Å². The summed E-state index contributed by atoms with van der Waals surface area (Å²) in [5.74, 6) is 0.258. The molecule has 1 aliphatic heterocycles. The summed E-state index contributed by atoms with van der Waals surface area (Å²) in [4.78, 5) is 25.2. The second-order valence-corrected chi connectivity index (χ2v) is 6.51. The Morgan fingerprint density at radius 3 is 2.46 bits per heavy atom. The molecule has 0 unspecified atom stereocenters. The number of aryl methyl sites for hydroxylation is 2. The first-order chi connectivity index (χ1) is 12.3. The molecule has 1 N–H and O–H groups in total. The Morgan fingerprint density at radius 2 is 1.81 bits per heavy atom. The van der Waals surface area contributed by atoms with Crippen molar-refractivity contribution in [3.8, 4) is 5.75 Å². The first kappa shape index (κ1) is 17.7. The molecule has 2 aromatic carbocycles. The number of nitrogens with zero attached hydrogens (tertiary/aromatic N) is 2. The van der Waals surface area contributed by atoms with Gasteiger partial charge in [0.15, 0.2) is 0 Å². The number of benzene rings is 2. The van der Waals surface area contributed by atoms with Crippen LogP contribution in [0.5, 0.6) is 5.75 Å². The maximum absolute atomic E-state index is 12.9. The van der Waals surface area contributed by atoms with Crippen LogP contribution in [-0.4, -0.2) is 30.3 Å². The molecular weight excluding hydrogens is 330 g/mol. The van der Waals surface area contributed by atoms with Crippen molar-refractivity contribution in [3.05, 3.63) is 64.7 Å². The van der Waals surface area contributed by atoms with Crippen LogP contribution in [0, 0.1) is 13.8 Å². The number of hydrogen-bond acceptors (Lipinski definition) is 4. The Bertz CT molecular complexity index is 890.